The van der Waals surface area contributed by atoms with Crippen LogP contribution in [0.1, 0.15) is 24.6 Å². The van der Waals surface area contributed by atoms with Crippen LogP contribution in [-0.4, -0.2) is 86.4 Å². The summed E-state index contributed by atoms with van der Waals surface area (Å²) in [4.78, 5) is 59.9. The molecule has 2 aliphatic heterocycles. The van der Waals surface area contributed by atoms with E-state index in [0.717, 1.165) is 41.2 Å². The lowest BCUT2D eigenvalue weighted by Gasteiger charge is -2.49. The van der Waals surface area contributed by atoms with Gasteiger partial charge in [-0.25, -0.2) is 19.1 Å². The van der Waals surface area contributed by atoms with Crippen LogP contribution in [0, 0.1) is 0 Å². The van der Waals surface area contributed by atoms with E-state index >= 15 is 0 Å². The minimum atomic E-state index is -1.40. The van der Waals surface area contributed by atoms with Gasteiger partial charge in [0, 0.05) is 23.5 Å². The number of oxime groups is 1. The molecule has 2 aromatic rings. The number of rotatable bonds is 13. The number of hydrogen-bond acceptors (Lipinski definition) is 11. The van der Waals surface area contributed by atoms with Gasteiger partial charge in [-0.05, 0) is 38.9 Å². The molecule has 0 spiro atoms. The number of nitrogen functional groups attached to an aromatic ring is 1. The normalized spacial score (nSPS) is 19.2. The van der Waals surface area contributed by atoms with Gasteiger partial charge in [-0.3, -0.25) is 14.5 Å². The number of anilines is 1. The Morgan fingerprint density at radius 1 is 1.33 bits per heavy atom. The second kappa shape index (κ2) is 13.5. The molecule has 1 fully saturated rings. The number of aryl methyl sites for hydroxylation is 1. The van der Waals surface area contributed by atoms with E-state index in [1.54, 1.807) is 0 Å². The van der Waals surface area contributed by atoms with Crippen molar-refractivity contribution in [3.05, 3.63) is 51.4 Å². The van der Waals surface area contributed by atoms with Gasteiger partial charge in [0.05, 0.1) is 0 Å². The SMILES string of the molecule is CNCCCc1cc[n+](CC2=C(C(=O)O)N3C(=O)[C@@H](NC(=O)C(=NO[C@@H](C)C(=O)O)c4nc(N)sc4Cl)[C@H]3SC2)cc1. The highest BCUT2D eigenvalue weighted by atomic mass is 35.5. The Morgan fingerprint density at radius 2 is 2.05 bits per heavy atom. The summed E-state index contributed by atoms with van der Waals surface area (Å²) in [7, 11) is 1.90. The molecule has 4 heterocycles. The smallest absolute Gasteiger partial charge is 0.352 e. The standard InChI is InChI=1S/C25H28ClN7O7S2/c1-12(23(36)37)40-31-16(15-19(26)42-25(27)30-15)20(34)29-17-21(35)33-18(24(38)39)14(11-41-22(17)33)10-32-8-5-13(6-9-32)4-3-7-28-2/h5-6,8-9,12,17,22,28H,3-4,7,10-11H2,1-2H3,(H4-,27,29,30,34,36,37,38,39)/p+1/t12-,17+,22+/m0/s1. The molecular formula is C25H29ClN7O7S2+. The summed E-state index contributed by atoms with van der Waals surface area (Å²) in [6.45, 7) is 2.39. The van der Waals surface area contributed by atoms with Crippen molar-refractivity contribution in [1.82, 2.24) is 20.5 Å². The number of carbonyl (C=O) groups is 4. The molecule has 0 aliphatic carbocycles. The van der Waals surface area contributed by atoms with Crippen LogP contribution in [-0.2, 0) is 37.0 Å². The van der Waals surface area contributed by atoms with Crippen LogP contribution in [0.4, 0.5) is 5.13 Å². The van der Waals surface area contributed by atoms with Gasteiger partial charge < -0.3 is 31.4 Å². The van der Waals surface area contributed by atoms with Crippen LogP contribution in [0.15, 0.2) is 41.0 Å². The summed E-state index contributed by atoms with van der Waals surface area (Å²) in [5.41, 5.74) is 6.66. The molecule has 2 amide bonds. The molecule has 0 bridgehead atoms. The average Bonchev–Trinajstić information content (AvgIpc) is 3.29. The lowest BCUT2D eigenvalue weighted by molar-refractivity contribution is -0.689. The monoisotopic (exact) mass is 638 g/mol. The average molecular weight is 639 g/mol. The maximum absolute atomic E-state index is 13.2. The van der Waals surface area contributed by atoms with E-state index in [1.807, 2.05) is 36.1 Å². The molecule has 6 N–H and O–H groups in total. The molecule has 14 nitrogen and oxygen atoms in total. The summed E-state index contributed by atoms with van der Waals surface area (Å²) in [6.07, 6.45) is 4.27. The number of β-lactam (4-membered cyclic amide) rings is 1. The van der Waals surface area contributed by atoms with Crippen LogP contribution in [0.2, 0.25) is 4.34 Å². The molecule has 224 valence electrons. The molecule has 0 saturated carbocycles. The number of aliphatic carboxylic acids is 2. The van der Waals surface area contributed by atoms with Crippen LogP contribution < -0.4 is 20.9 Å². The maximum Gasteiger partial charge on any atom is 0.352 e. The summed E-state index contributed by atoms with van der Waals surface area (Å²) in [6, 6.07) is 2.88. The number of nitrogens with one attached hydrogen (secondary N) is 2. The van der Waals surface area contributed by atoms with Crippen molar-refractivity contribution in [2.24, 2.45) is 5.16 Å². The first-order chi connectivity index (χ1) is 20.0. The molecule has 0 radical (unpaired) electrons. The Kier molecular flexibility index (Phi) is 10.0. The van der Waals surface area contributed by atoms with Gasteiger partial charge >= 0.3 is 11.9 Å². The second-order valence-corrected chi connectivity index (χ2v) is 12.1. The zero-order valence-electron chi connectivity index (χ0n) is 22.6. The number of fused-ring (bicyclic) bond motifs is 1. The number of carbonyl (C=O) groups excluding carboxylic acids is 2. The number of halogens is 1. The van der Waals surface area contributed by atoms with E-state index in [4.69, 9.17) is 27.3 Å². The molecule has 2 aromatic heterocycles. The van der Waals surface area contributed by atoms with Crippen molar-refractivity contribution in [2.45, 2.75) is 43.8 Å². The molecule has 4 rings (SSSR count). The number of thiazole rings is 1. The first kappa shape index (κ1) is 31.2. The van der Waals surface area contributed by atoms with E-state index in [2.05, 4.69) is 20.8 Å². The summed E-state index contributed by atoms with van der Waals surface area (Å²) < 4.78 is 1.86. The van der Waals surface area contributed by atoms with Gasteiger partial charge in [0.2, 0.25) is 6.10 Å². The Bertz CT molecular complexity index is 1450. The third-order valence-corrected chi connectivity index (χ3v) is 8.88. The van der Waals surface area contributed by atoms with Gasteiger partial charge in [0.15, 0.2) is 29.8 Å². The third-order valence-electron chi connectivity index (χ3n) is 6.45. The van der Waals surface area contributed by atoms with Crippen LogP contribution in [0.3, 0.4) is 0 Å². The number of amides is 2. The predicted octanol–water partition coefficient (Wildman–Crippen LogP) is 0.451. The fourth-order valence-corrected chi connectivity index (χ4v) is 6.56. The van der Waals surface area contributed by atoms with E-state index < -0.39 is 47.0 Å². The fourth-order valence-electron chi connectivity index (χ4n) is 4.30. The van der Waals surface area contributed by atoms with Crippen molar-refractivity contribution in [3.63, 3.8) is 0 Å². The highest BCUT2D eigenvalue weighted by Gasteiger charge is 2.55. The van der Waals surface area contributed by atoms with Gasteiger partial charge in [0.1, 0.15) is 27.1 Å². The van der Waals surface area contributed by atoms with Crippen LogP contribution in [0.5, 0.6) is 0 Å². The largest absolute Gasteiger partial charge is 0.478 e. The minimum absolute atomic E-state index is 0.00539. The van der Waals surface area contributed by atoms with Crippen molar-refractivity contribution >= 4 is 69.3 Å². The third kappa shape index (κ3) is 6.83. The van der Waals surface area contributed by atoms with E-state index in [0.29, 0.717) is 11.3 Å². The van der Waals surface area contributed by atoms with Gasteiger partial charge in [-0.2, -0.15) is 0 Å². The maximum atomic E-state index is 13.2. The Balaban J connectivity index is 1.50. The van der Waals surface area contributed by atoms with Crippen LogP contribution in [0.25, 0.3) is 0 Å². The van der Waals surface area contributed by atoms with Crippen molar-refractivity contribution in [3.8, 4) is 0 Å². The summed E-state index contributed by atoms with van der Waals surface area (Å²) in [5.74, 6) is -3.80. The number of pyridine rings is 1. The number of nitrogens with two attached hydrogens (primary N) is 1. The Hall–Kier alpha value is -3.73. The van der Waals surface area contributed by atoms with Gasteiger partial charge in [-0.15, -0.1) is 11.8 Å². The molecule has 2 aliphatic rings. The highest BCUT2D eigenvalue weighted by molar-refractivity contribution is 8.00. The second-order valence-electron chi connectivity index (χ2n) is 9.40. The van der Waals surface area contributed by atoms with Crippen molar-refractivity contribution in [1.29, 1.82) is 0 Å². The molecular weight excluding hydrogens is 610 g/mol. The molecule has 17 heteroatoms. The van der Waals surface area contributed by atoms with Gasteiger partial charge in [0.25, 0.3) is 11.8 Å². The van der Waals surface area contributed by atoms with E-state index in [1.165, 1.54) is 18.7 Å². The highest BCUT2D eigenvalue weighted by Crippen LogP contribution is 2.40. The predicted molar refractivity (Wildman–Crippen MR) is 155 cm³/mol. The van der Waals surface area contributed by atoms with Crippen molar-refractivity contribution < 1.29 is 38.8 Å². The van der Waals surface area contributed by atoms with Crippen LogP contribution >= 0.6 is 34.7 Å². The van der Waals surface area contributed by atoms with E-state index in [-0.39, 0.29) is 27.4 Å². The lowest BCUT2D eigenvalue weighted by Crippen LogP contribution is -2.71. The Labute approximate surface area is 253 Å². The van der Waals surface area contributed by atoms with Crippen molar-refractivity contribution in [2.75, 3.05) is 25.1 Å². The topological polar surface area (TPSA) is 200 Å². The molecule has 42 heavy (non-hydrogen) atoms. The molecule has 3 atom stereocenters. The minimum Gasteiger partial charge on any atom is -0.478 e. The first-order valence-corrected chi connectivity index (χ1v) is 15.0. The Morgan fingerprint density at radius 3 is 2.64 bits per heavy atom. The fraction of sp³-hybridized carbons (Fsp3) is 0.400. The zero-order valence-corrected chi connectivity index (χ0v) is 25.0. The van der Waals surface area contributed by atoms with Gasteiger partial charge in [-0.1, -0.05) is 28.1 Å². The molecule has 0 unspecified atom stereocenters. The van der Waals surface area contributed by atoms with E-state index in [9.17, 15) is 24.3 Å². The summed E-state index contributed by atoms with van der Waals surface area (Å²) >= 11 is 8.32. The number of carboxylic acids is 2. The number of aromatic nitrogens is 2. The molecule has 1 saturated heterocycles. The number of hydrogen-bond donors (Lipinski definition) is 5. The number of carboxylic acid groups (broad SMARTS) is 2. The lowest BCUT2D eigenvalue weighted by atomic mass is 10.0. The number of nitrogens with zero attached hydrogens (tertiary/aromatic N) is 4. The number of thioether (sulfide) groups is 1. The summed E-state index contributed by atoms with van der Waals surface area (Å²) in [5, 5.41) is 27.7. The molecule has 0 aromatic carbocycles. The zero-order chi connectivity index (χ0) is 30.6. The quantitative estimate of drug-likeness (QED) is 0.0670. The first-order valence-electron chi connectivity index (χ1n) is 12.7.